The Morgan fingerprint density at radius 3 is 2.64 bits per heavy atom. The molecule has 0 spiro atoms. The van der Waals surface area contributed by atoms with Crippen LogP contribution in [0, 0.1) is 0 Å². The largest absolute Gasteiger partial charge is 0.493 e. The first kappa shape index (κ1) is 22.4. The zero-order valence-corrected chi connectivity index (χ0v) is 17.8. The van der Waals surface area contributed by atoms with Gasteiger partial charge in [0.15, 0.2) is 11.5 Å². The lowest BCUT2D eigenvalue weighted by Crippen LogP contribution is -2.51. The van der Waals surface area contributed by atoms with Gasteiger partial charge in [-0.1, -0.05) is 12.5 Å². The van der Waals surface area contributed by atoms with Crippen LogP contribution in [-0.2, 0) is 19.6 Å². The van der Waals surface area contributed by atoms with Crippen molar-refractivity contribution in [1.82, 2.24) is 9.62 Å². The Morgan fingerprint density at radius 2 is 2.00 bits per heavy atom. The van der Waals surface area contributed by atoms with Gasteiger partial charge >= 0.3 is 0 Å². The Hall–Kier alpha value is -1.84. The average Bonchev–Trinajstić information content (AvgIpc) is 2.67. The van der Waals surface area contributed by atoms with Crippen LogP contribution in [0.3, 0.4) is 0 Å². The molecule has 1 N–H and O–H groups in total. The standard InChI is InChI=1S/C19H30N2O6S/c1-14(15-8-9-17(18(13-15)26-3)27-12-11-25-2)20-19(22)16-7-5-6-10-21(16)28(4,23)24/h8-9,13-14,16H,5-7,10-12H2,1-4H3,(H,20,22). The highest BCUT2D eigenvalue weighted by atomic mass is 32.2. The molecule has 2 unspecified atom stereocenters. The molecule has 1 saturated heterocycles. The van der Waals surface area contributed by atoms with E-state index >= 15 is 0 Å². The summed E-state index contributed by atoms with van der Waals surface area (Å²) in [6, 6.07) is 4.48. The number of ether oxygens (including phenoxy) is 3. The Morgan fingerprint density at radius 1 is 1.25 bits per heavy atom. The Bertz CT molecular complexity index is 768. The van der Waals surface area contributed by atoms with Crippen LogP contribution in [0.15, 0.2) is 18.2 Å². The molecule has 1 aliphatic rings. The maximum atomic E-state index is 12.7. The highest BCUT2D eigenvalue weighted by Gasteiger charge is 2.34. The van der Waals surface area contributed by atoms with Crippen LogP contribution in [0.25, 0.3) is 0 Å². The third-order valence-electron chi connectivity index (χ3n) is 4.77. The van der Waals surface area contributed by atoms with Crippen molar-refractivity contribution in [3.8, 4) is 11.5 Å². The Labute approximate surface area is 167 Å². The van der Waals surface area contributed by atoms with Gasteiger partial charge in [-0.3, -0.25) is 4.79 Å². The number of piperidine rings is 1. The monoisotopic (exact) mass is 414 g/mol. The van der Waals surface area contributed by atoms with Crippen LogP contribution >= 0.6 is 0 Å². The molecule has 8 nitrogen and oxygen atoms in total. The van der Waals surface area contributed by atoms with E-state index in [1.165, 1.54) is 4.31 Å². The highest BCUT2D eigenvalue weighted by molar-refractivity contribution is 7.88. The van der Waals surface area contributed by atoms with Gasteiger partial charge in [-0.15, -0.1) is 0 Å². The first-order valence-corrected chi connectivity index (χ1v) is 11.2. The molecular weight excluding hydrogens is 384 g/mol. The molecule has 1 aliphatic heterocycles. The van der Waals surface area contributed by atoms with Crippen molar-refractivity contribution in [2.45, 2.75) is 38.3 Å². The summed E-state index contributed by atoms with van der Waals surface area (Å²) in [4.78, 5) is 12.7. The molecule has 2 atom stereocenters. The summed E-state index contributed by atoms with van der Waals surface area (Å²) in [5, 5.41) is 2.93. The first-order valence-electron chi connectivity index (χ1n) is 9.34. The molecule has 158 valence electrons. The number of benzene rings is 1. The van der Waals surface area contributed by atoms with Crippen molar-refractivity contribution in [3.05, 3.63) is 23.8 Å². The fraction of sp³-hybridized carbons (Fsp3) is 0.632. The van der Waals surface area contributed by atoms with E-state index in [-0.39, 0.29) is 11.9 Å². The molecule has 0 bridgehead atoms. The molecule has 9 heteroatoms. The van der Waals surface area contributed by atoms with Crippen LogP contribution in [0.4, 0.5) is 0 Å². The van der Waals surface area contributed by atoms with Crippen molar-refractivity contribution in [1.29, 1.82) is 0 Å². The van der Waals surface area contributed by atoms with Crippen molar-refractivity contribution in [3.63, 3.8) is 0 Å². The molecule has 1 amide bonds. The van der Waals surface area contributed by atoms with Crippen LogP contribution < -0.4 is 14.8 Å². The molecule has 28 heavy (non-hydrogen) atoms. The van der Waals surface area contributed by atoms with E-state index in [0.717, 1.165) is 24.7 Å². The molecular formula is C19H30N2O6S. The van der Waals surface area contributed by atoms with E-state index in [4.69, 9.17) is 14.2 Å². The summed E-state index contributed by atoms with van der Waals surface area (Å²) in [7, 11) is -0.267. The summed E-state index contributed by atoms with van der Waals surface area (Å²) in [6.07, 6.45) is 3.28. The summed E-state index contributed by atoms with van der Waals surface area (Å²) in [5.74, 6) is 0.875. The number of nitrogens with one attached hydrogen (secondary N) is 1. The summed E-state index contributed by atoms with van der Waals surface area (Å²) >= 11 is 0. The zero-order valence-electron chi connectivity index (χ0n) is 16.9. The molecule has 1 aromatic rings. The first-order chi connectivity index (χ1) is 13.3. The topological polar surface area (TPSA) is 94.2 Å². The van der Waals surface area contributed by atoms with Crippen molar-refractivity contribution in [2.75, 3.05) is 40.2 Å². The van der Waals surface area contributed by atoms with Gasteiger partial charge in [-0.2, -0.15) is 4.31 Å². The maximum absolute atomic E-state index is 12.7. The third kappa shape index (κ3) is 5.83. The number of nitrogens with zero attached hydrogens (tertiary/aromatic N) is 1. The second kappa shape index (κ2) is 10.1. The molecule has 2 rings (SSSR count). The second-order valence-electron chi connectivity index (χ2n) is 6.87. The number of sulfonamides is 1. The SMILES string of the molecule is COCCOc1ccc(C(C)NC(=O)C2CCCCN2S(C)(=O)=O)cc1OC. The lowest BCUT2D eigenvalue weighted by molar-refractivity contribution is -0.126. The minimum atomic E-state index is -3.42. The maximum Gasteiger partial charge on any atom is 0.238 e. The molecule has 1 aromatic carbocycles. The van der Waals surface area contributed by atoms with Gasteiger partial charge in [-0.05, 0) is 37.5 Å². The predicted octanol–water partition coefficient (Wildman–Crippen LogP) is 1.71. The van der Waals surface area contributed by atoms with Gasteiger partial charge in [0.1, 0.15) is 12.6 Å². The average molecular weight is 415 g/mol. The van der Waals surface area contributed by atoms with Gasteiger partial charge in [0.25, 0.3) is 0 Å². The van der Waals surface area contributed by atoms with Gasteiger partial charge in [0.05, 0.1) is 26.0 Å². The summed E-state index contributed by atoms with van der Waals surface area (Å²) in [6.45, 7) is 3.11. The molecule has 1 fully saturated rings. The number of carbonyl (C=O) groups is 1. The van der Waals surface area contributed by atoms with E-state index < -0.39 is 16.1 Å². The van der Waals surface area contributed by atoms with E-state index in [1.54, 1.807) is 20.3 Å². The second-order valence-corrected chi connectivity index (χ2v) is 8.80. The number of methoxy groups -OCH3 is 2. The quantitative estimate of drug-likeness (QED) is 0.618. The van der Waals surface area contributed by atoms with Gasteiger partial charge in [-0.25, -0.2) is 8.42 Å². The van der Waals surface area contributed by atoms with Crippen molar-refractivity contribution < 1.29 is 27.4 Å². The number of hydrogen-bond donors (Lipinski definition) is 1. The lowest BCUT2D eigenvalue weighted by Gasteiger charge is -2.33. The number of amides is 1. The zero-order chi connectivity index (χ0) is 20.7. The van der Waals surface area contributed by atoms with E-state index in [2.05, 4.69) is 5.32 Å². The molecule has 1 heterocycles. The van der Waals surface area contributed by atoms with E-state index in [9.17, 15) is 13.2 Å². The number of rotatable bonds is 9. The van der Waals surface area contributed by atoms with Crippen LogP contribution in [0.2, 0.25) is 0 Å². The minimum Gasteiger partial charge on any atom is -0.493 e. The third-order valence-corrected chi connectivity index (χ3v) is 6.06. The fourth-order valence-corrected chi connectivity index (χ4v) is 4.39. The van der Waals surface area contributed by atoms with Crippen molar-refractivity contribution in [2.24, 2.45) is 0 Å². The highest BCUT2D eigenvalue weighted by Crippen LogP contribution is 2.30. The van der Waals surface area contributed by atoms with Gasteiger partial charge in [0, 0.05) is 13.7 Å². The summed E-state index contributed by atoms with van der Waals surface area (Å²) < 4.78 is 41.3. The molecule has 0 aromatic heterocycles. The molecule has 0 saturated carbocycles. The normalized spacial score (nSPS) is 19.1. The van der Waals surface area contributed by atoms with E-state index in [1.807, 2.05) is 19.1 Å². The van der Waals surface area contributed by atoms with Gasteiger partial charge in [0.2, 0.25) is 15.9 Å². The Balaban J connectivity index is 2.08. The molecule has 0 radical (unpaired) electrons. The van der Waals surface area contributed by atoms with Crippen LogP contribution in [0.5, 0.6) is 11.5 Å². The summed E-state index contributed by atoms with van der Waals surface area (Å²) in [5.41, 5.74) is 0.839. The van der Waals surface area contributed by atoms with Crippen LogP contribution in [0.1, 0.15) is 37.8 Å². The fourth-order valence-electron chi connectivity index (χ4n) is 3.26. The number of carbonyl (C=O) groups excluding carboxylic acids is 1. The van der Waals surface area contributed by atoms with Crippen molar-refractivity contribution >= 4 is 15.9 Å². The van der Waals surface area contributed by atoms with E-state index in [0.29, 0.717) is 37.7 Å². The lowest BCUT2D eigenvalue weighted by atomic mass is 10.0. The predicted molar refractivity (Wildman–Crippen MR) is 106 cm³/mol. The van der Waals surface area contributed by atoms with Gasteiger partial charge < -0.3 is 19.5 Å². The smallest absolute Gasteiger partial charge is 0.238 e. The Kier molecular flexibility index (Phi) is 8.09. The molecule has 0 aliphatic carbocycles. The van der Waals surface area contributed by atoms with Crippen LogP contribution in [-0.4, -0.2) is 64.9 Å². The number of hydrogen-bond acceptors (Lipinski definition) is 6. The minimum absolute atomic E-state index is 0.281.